The van der Waals surface area contributed by atoms with Gasteiger partial charge in [0.1, 0.15) is 0 Å². The highest BCUT2D eigenvalue weighted by atomic mass is 32.2. The van der Waals surface area contributed by atoms with Gasteiger partial charge in [0.05, 0.1) is 0 Å². The van der Waals surface area contributed by atoms with Crippen LogP contribution in [-0.2, 0) is 11.2 Å². The van der Waals surface area contributed by atoms with Gasteiger partial charge in [0.25, 0.3) is 0 Å². The molecule has 0 radical (unpaired) electrons. The summed E-state index contributed by atoms with van der Waals surface area (Å²) < 4.78 is 0. The zero-order valence-electron chi connectivity index (χ0n) is 14.4. The van der Waals surface area contributed by atoms with Gasteiger partial charge in [-0.3, -0.25) is 4.79 Å². The van der Waals surface area contributed by atoms with E-state index in [2.05, 4.69) is 45.9 Å². The van der Waals surface area contributed by atoms with Crippen LogP contribution < -0.4 is 5.32 Å². The van der Waals surface area contributed by atoms with Gasteiger partial charge in [-0.25, -0.2) is 0 Å². The summed E-state index contributed by atoms with van der Waals surface area (Å²) in [6, 6.07) is 7.34. The Morgan fingerprint density at radius 3 is 3.17 bits per heavy atom. The first-order valence-electron chi connectivity index (χ1n) is 8.87. The third-order valence-corrected chi connectivity index (χ3v) is 5.75. The van der Waals surface area contributed by atoms with Crippen LogP contribution in [-0.4, -0.2) is 48.2 Å². The maximum absolute atomic E-state index is 10.3. The lowest BCUT2D eigenvalue weighted by atomic mass is 10.0. The Kier molecular flexibility index (Phi) is 6.21. The molecule has 2 N–H and O–H groups in total. The van der Waals surface area contributed by atoms with Crippen molar-refractivity contribution in [3.05, 3.63) is 30.0 Å². The fraction of sp³-hybridized carbons (Fsp3) is 0.526. The van der Waals surface area contributed by atoms with E-state index in [-0.39, 0.29) is 0 Å². The minimum atomic E-state index is 0.654. The Balaban J connectivity index is 1.61. The van der Waals surface area contributed by atoms with Crippen LogP contribution in [0.1, 0.15) is 31.2 Å². The molecule has 1 aliphatic rings. The van der Waals surface area contributed by atoms with E-state index in [1.807, 2.05) is 0 Å². The van der Waals surface area contributed by atoms with E-state index in [4.69, 9.17) is 0 Å². The minimum Gasteiger partial charge on any atom is -0.361 e. The first-order valence-corrected chi connectivity index (χ1v) is 10.1. The molecule has 1 aliphatic heterocycles. The number of aromatic nitrogens is 1. The molecule has 2 aromatic rings. The lowest BCUT2D eigenvalue weighted by Crippen LogP contribution is -2.32. The zero-order chi connectivity index (χ0) is 16.8. The third kappa shape index (κ3) is 4.14. The largest absolute Gasteiger partial charge is 0.361 e. The SMILES string of the molecule is CSc1ccc2[nH]cc(C[C@H]3CCCN3CCCCNC=O)c2c1. The minimum absolute atomic E-state index is 0.654. The smallest absolute Gasteiger partial charge is 0.207 e. The molecule has 1 saturated heterocycles. The molecule has 0 spiro atoms. The van der Waals surface area contributed by atoms with E-state index in [0.29, 0.717) is 6.04 Å². The number of nitrogens with zero attached hydrogens (tertiary/aromatic N) is 1. The van der Waals surface area contributed by atoms with Crippen LogP contribution in [0, 0.1) is 0 Å². The van der Waals surface area contributed by atoms with Crippen molar-refractivity contribution in [1.29, 1.82) is 0 Å². The number of carbonyl (C=O) groups is 1. The molecule has 130 valence electrons. The van der Waals surface area contributed by atoms with E-state index in [1.165, 1.54) is 40.7 Å². The van der Waals surface area contributed by atoms with Crippen LogP contribution in [0.25, 0.3) is 10.9 Å². The fourth-order valence-electron chi connectivity index (χ4n) is 3.73. The first-order chi connectivity index (χ1) is 11.8. The predicted molar refractivity (Wildman–Crippen MR) is 102 cm³/mol. The Morgan fingerprint density at radius 1 is 1.42 bits per heavy atom. The number of thioether (sulfide) groups is 1. The van der Waals surface area contributed by atoms with Gasteiger partial charge in [0.15, 0.2) is 0 Å². The molecule has 4 nitrogen and oxygen atoms in total. The average molecular weight is 346 g/mol. The van der Waals surface area contributed by atoms with Gasteiger partial charge in [-0.05, 0) is 75.2 Å². The molecular weight excluding hydrogens is 318 g/mol. The summed E-state index contributed by atoms with van der Waals surface area (Å²) in [5, 5.41) is 4.13. The summed E-state index contributed by atoms with van der Waals surface area (Å²) in [4.78, 5) is 17.7. The highest BCUT2D eigenvalue weighted by Gasteiger charge is 2.24. The molecule has 24 heavy (non-hydrogen) atoms. The molecule has 0 aliphatic carbocycles. The van der Waals surface area contributed by atoms with Gasteiger partial charge < -0.3 is 15.2 Å². The number of hydrogen-bond acceptors (Lipinski definition) is 3. The van der Waals surface area contributed by atoms with Crippen molar-refractivity contribution in [2.24, 2.45) is 0 Å². The second-order valence-corrected chi connectivity index (χ2v) is 7.42. The van der Waals surface area contributed by atoms with Gasteiger partial charge in [-0.15, -0.1) is 11.8 Å². The molecule has 0 saturated carbocycles. The van der Waals surface area contributed by atoms with E-state index in [0.717, 1.165) is 38.8 Å². The number of unbranched alkanes of at least 4 members (excludes halogenated alkanes) is 1. The van der Waals surface area contributed by atoms with Crippen LogP contribution >= 0.6 is 11.8 Å². The number of fused-ring (bicyclic) bond motifs is 1. The highest BCUT2D eigenvalue weighted by molar-refractivity contribution is 7.98. The Bertz CT molecular complexity index is 670. The number of rotatable bonds is 9. The third-order valence-electron chi connectivity index (χ3n) is 5.03. The van der Waals surface area contributed by atoms with Gasteiger partial charge in [-0.2, -0.15) is 0 Å². The van der Waals surface area contributed by atoms with Crippen molar-refractivity contribution in [3.63, 3.8) is 0 Å². The number of amides is 1. The number of likely N-dealkylation sites (tertiary alicyclic amines) is 1. The summed E-state index contributed by atoms with van der Waals surface area (Å²) in [7, 11) is 0. The molecule has 0 bridgehead atoms. The molecule has 1 aromatic carbocycles. The first kappa shape index (κ1) is 17.4. The molecular formula is C19H27N3OS. The van der Waals surface area contributed by atoms with Crippen molar-refractivity contribution in [2.75, 3.05) is 25.9 Å². The normalized spacial score (nSPS) is 18.3. The fourth-order valence-corrected chi connectivity index (χ4v) is 4.17. The predicted octanol–water partition coefficient (Wildman–Crippen LogP) is 3.42. The van der Waals surface area contributed by atoms with Gasteiger partial charge >= 0.3 is 0 Å². The van der Waals surface area contributed by atoms with Crippen molar-refractivity contribution in [2.45, 2.75) is 43.0 Å². The Labute approximate surface area is 148 Å². The number of hydrogen-bond donors (Lipinski definition) is 2. The van der Waals surface area contributed by atoms with E-state index in [9.17, 15) is 4.79 Å². The summed E-state index contributed by atoms with van der Waals surface area (Å²) in [5.41, 5.74) is 2.69. The number of benzene rings is 1. The van der Waals surface area contributed by atoms with Crippen LogP contribution in [0.4, 0.5) is 0 Å². The second kappa shape index (κ2) is 8.58. The lowest BCUT2D eigenvalue weighted by Gasteiger charge is -2.24. The molecule has 5 heteroatoms. The average Bonchev–Trinajstić information content (AvgIpc) is 3.22. The molecule has 3 rings (SSSR count). The Hall–Kier alpha value is -1.46. The van der Waals surface area contributed by atoms with Crippen molar-refractivity contribution >= 4 is 29.1 Å². The van der Waals surface area contributed by atoms with E-state index >= 15 is 0 Å². The van der Waals surface area contributed by atoms with Crippen molar-refractivity contribution in [3.8, 4) is 0 Å². The number of aromatic amines is 1. The molecule has 1 aromatic heterocycles. The highest BCUT2D eigenvalue weighted by Crippen LogP contribution is 2.28. The Morgan fingerprint density at radius 2 is 2.33 bits per heavy atom. The van der Waals surface area contributed by atoms with Crippen LogP contribution in [0.5, 0.6) is 0 Å². The molecule has 1 amide bonds. The summed E-state index contributed by atoms with van der Waals surface area (Å²) >= 11 is 1.80. The number of H-pyrrole nitrogens is 1. The summed E-state index contributed by atoms with van der Waals surface area (Å²) in [6.07, 6.45) is 11.1. The summed E-state index contributed by atoms with van der Waals surface area (Å²) in [5.74, 6) is 0. The van der Waals surface area contributed by atoms with Crippen molar-refractivity contribution in [1.82, 2.24) is 15.2 Å². The van der Waals surface area contributed by atoms with E-state index < -0.39 is 0 Å². The van der Waals surface area contributed by atoms with Gasteiger partial charge in [0.2, 0.25) is 6.41 Å². The zero-order valence-corrected chi connectivity index (χ0v) is 15.2. The standard InChI is InChI=1S/C19H27N3OS/c1-24-17-6-7-19-18(12-17)15(13-21-19)11-16-5-4-10-22(16)9-3-2-8-20-14-23/h6-7,12-14,16,21H,2-5,8-11H2,1H3,(H,20,23)/t16-/m1/s1. The maximum atomic E-state index is 10.3. The quantitative estimate of drug-likeness (QED) is 0.416. The molecule has 1 fully saturated rings. The summed E-state index contributed by atoms with van der Waals surface area (Å²) in [6.45, 7) is 3.15. The number of carbonyl (C=O) groups excluding carboxylic acids is 1. The maximum Gasteiger partial charge on any atom is 0.207 e. The molecule has 0 unspecified atom stereocenters. The van der Waals surface area contributed by atoms with Crippen LogP contribution in [0.3, 0.4) is 0 Å². The molecule has 2 heterocycles. The lowest BCUT2D eigenvalue weighted by molar-refractivity contribution is -0.109. The topological polar surface area (TPSA) is 48.1 Å². The van der Waals surface area contributed by atoms with Gasteiger partial charge in [-0.1, -0.05) is 0 Å². The van der Waals surface area contributed by atoms with Gasteiger partial charge in [0, 0.05) is 34.6 Å². The molecule has 1 atom stereocenters. The van der Waals surface area contributed by atoms with E-state index in [1.54, 1.807) is 11.8 Å². The van der Waals surface area contributed by atoms with Crippen molar-refractivity contribution < 1.29 is 4.79 Å². The monoisotopic (exact) mass is 345 g/mol. The number of nitrogens with one attached hydrogen (secondary N) is 2. The van der Waals surface area contributed by atoms with Crippen LogP contribution in [0.15, 0.2) is 29.3 Å². The second-order valence-electron chi connectivity index (χ2n) is 6.54. The van der Waals surface area contributed by atoms with Crippen LogP contribution in [0.2, 0.25) is 0 Å².